The van der Waals surface area contributed by atoms with Crippen LogP contribution >= 0.6 is 0 Å². The van der Waals surface area contributed by atoms with E-state index in [1.165, 1.54) is 5.69 Å². The molecule has 0 atom stereocenters. The average Bonchev–Trinajstić information content (AvgIpc) is 3.53. The van der Waals surface area contributed by atoms with Crippen LogP contribution in [0.15, 0.2) is 55.4 Å². The van der Waals surface area contributed by atoms with Crippen LogP contribution in [0.3, 0.4) is 0 Å². The number of hydrogen-bond donors (Lipinski definition) is 2. The predicted molar refractivity (Wildman–Crippen MR) is 132 cm³/mol. The van der Waals surface area contributed by atoms with Gasteiger partial charge in [0, 0.05) is 56.1 Å². The summed E-state index contributed by atoms with van der Waals surface area (Å²) >= 11 is 0. The molecule has 4 aromatic heterocycles. The molecular weight excluding hydrogens is 444 g/mol. The topological polar surface area (TPSA) is 112 Å². The fraction of sp³-hybridized carbons (Fsp3) is 0.292. The van der Waals surface area contributed by atoms with Crippen molar-refractivity contribution in [2.75, 3.05) is 49.6 Å². The number of fused-ring (bicyclic) bond motifs is 2. The van der Waals surface area contributed by atoms with E-state index in [2.05, 4.69) is 64.3 Å². The van der Waals surface area contributed by atoms with Gasteiger partial charge in [-0.3, -0.25) is 4.90 Å². The molecule has 5 aromatic rings. The zero-order valence-electron chi connectivity index (χ0n) is 19.0. The summed E-state index contributed by atoms with van der Waals surface area (Å²) in [5.41, 5.74) is 5.47. The molecule has 0 bridgehead atoms. The van der Waals surface area contributed by atoms with Crippen molar-refractivity contribution in [2.24, 2.45) is 0 Å². The van der Waals surface area contributed by atoms with Crippen LogP contribution in [-0.2, 0) is 4.74 Å². The van der Waals surface area contributed by atoms with Crippen molar-refractivity contribution < 1.29 is 4.74 Å². The molecule has 1 aromatic carbocycles. The second-order valence-corrected chi connectivity index (χ2v) is 8.85. The maximum Gasteiger partial charge on any atom is 0.197 e. The zero-order valence-corrected chi connectivity index (χ0v) is 19.0. The number of hydrogen-bond acceptors (Lipinski definition) is 9. The first-order valence-corrected chi connectivity index (χ1v) is 11.7. The standard InChI is InChI=1S/C24H24N10O/c1-3-17(32-7-9-33(10-8-32)18-13-35-14-18)4-2-16(1)29-23-24-25-5-6-34(24)12-20(31-23)19-11-26-21-22(30-19)28-15-27-21/h1-6,11-12,15,18H,7-10,13-14H2,(H,29,31)(H,26,27,28,30). The van der Waals surface area contributed by atoms with Crippen LogP contribution in [0, 0.1) is 0 Å². The number of H-pyrrole nitrogens is 1. The van der Waals surface area contributed by atoms with Gasteiger partial charge in [0.05, 0.1) is 31.8 Å². The molecule has 2 N–H and O–H groups in total. The Labute approximate surface area is 200 Å². The van der Waals surface area contributed by atoms with E-state index in [1.807, 2.05) is 16.8 Å². The lowest BCUT2D eigenvalue weighted by Crippen LogP contribution is -2.56. The Balaban J connectivity index is 1.12. The summed E-state index contributed by atoms with van der Waals surface area (Å²) in [6.45, 7) is 5.98. The first-order chi connectivity index (χ1) is 17.3. The summed E-state index contributed by atoms with van der Waals surface area (Å²) in [6.07, 6.45) is 8.82. The summed E-state index contributed by atoms with van der Waals surface area (Å²) in [6, 6.07) is 9.11. The molecule has 6 heterocycles. The number of ether oxygens (including phenoxy) is 1. The van der Waals surface area contributed by atoms with E-state index in [0.29, 0.717) is 34.5 Å². The number of aromatic nitrogens is 7. The number of piperazine rings is 1. The Morgan fingerprint density at radius 2 is 1.80 bits per heavy atom. The SMILES string of the molecule is c1cn2cc(-c3cnc4nc[nH]c4n3)nc(Nc3ccc(N4CCN(C5COC5)CC4)cc3)c2n1. The lowest BCUT2D eigenvalue weighted by atomic mass is 10.1. The third-order valence-corrected chi connectivity index (χ3v) is 6.72. The van der Waals surface area contributed by atoms with Gasteiger partial charge in [-0.1, -0.05) is 0 Å². The summed E-state index contributed by atoms with van der Waals surface area (Å²) in [4.78, 5) is 30.4. The van der Waals surface area contributed by atoms with E-state index in [0.717, 1.165) is 50.7 Å². The molecule has 0 amide bonds. The fourth-order valence-corrected chi connectivity index (χ4v) is 4.66. The molecule has 0 radical (unpaired) electrons. The van der Waals surface area contributed by atoms with Crippen molar-refractivity contribution in [3.05, 3.63) is 55.4 Å². The molecular formula is C24H24N10O. The summed E-state index contributed by atoms with van der Waals surface area (Å²) in [5.74, 6) is 0.656. The first-order valence-electron chi connectivity index (χ1n) is 11.7. The van der Waals surface area contributed by atoms with Crippen LogP contribution in [0.5, 0.6) is 0 Å². The van der Waals surface area contributed by atoms with E-state index in [-0.39, 0.29) is 0 Å². The van der Waals surface area contributed by atoms with Gasteiger partial charge in [0.15, 0.2) is 22.8 Å². The van der Waals surface area contributed by atoms with Gasteiger partial charge in [0.2, 0.25) is 0 Å². The average molecular weight is 469 g/mol. The first kappa shape index (κ1) is 20.3. The molecule has 0 aliphatic carbocycles. The Kier molecular flexibility index (Phi) is 4.81. The Bertz CT molecular complexity index is 1480. The van der Waals surface area contributed by atoms with Gasteiger partial charge in [-0.05, 0) is 24.3 Å². The number of benzene rings is 1. The molecule has 0 saturated carbocycles. The van der Waals surface area contributed by atoms with Crippen molar-refractivity contribution in [3.8, 4) is 11.4 Å². The Morgan fingerprint density at radius 3 is 2.60 bits per heavy atom. The highest BCUT2D eigenvalue weighted by molar-refractivity contribution is 5.75. The normalized spacial score (nSPS) is 17.2. The summed E-state index contributed by atoms with van der Waals surface area (Å²) in [5, 5.41) is 3.44. The minimum atomic E-state index is 0.578. The maximum atomic E-state index is 5.35. The summed E-state index contributed by atoms with van der Waals surface area (Å²) < 4.78 is 7.28. The Morgan fingerprint density at radius 1 is 0.943 bits per heavy atom. The molecule has 2 aliphatic rings. The van der Waals surface area contributed by atoms with E-state index in [1.54, 1.807) is 18.7 Å². The second-order valence-electron chi connectivity index (χ2n) is 8.85. The minimum Gasteiger partial charge on any atom is -0.378 e. The van der Waals surface area contributed by atoms with Crippen LogP contribution < -0.4 is 10.2 Å². The van der Waals surface area contributed by atoms with Crippen LogP contribution in [0.4, 0.5) is 17.2 Å². The number of nitrogens with one attached hydrogen (secondary N) is 2. The molecule has 2 fully saturated rings. The van der Waals surface area contributed by atoms with Gasteiger partial charge in [0.25, 0.3) is 0 Å². The van der Waals surface area contributed by atoms with Crippen molar-refractivity contribution in [1.29, 1.82) is 0 Å². The van der Waals surface area contributed by atoms with Crippen molar-refractivity contribution in [2.45, 2.75) is 6.04 Å². The number of anilines is 3. The molecule has 0 unspecified atom stereocenters. The second kappa shape index (κ2) is 8.29. The van der Waals surface area contributed by atoms with Crippen LogP contribution in [0.25, 0.3) is 28.3 Å². The molecule has 11 nitrogen and oxygen atoms in total. The fourth-order valence-electron chi connectivity index (χ4n) is 4.66. The number of rotatable bonds is 5. The maximum absolute atomic E-state index is 5.35. The highest BCUT2D eigenvalue weighted by Crippen LogP contribution is 2.26. The molecule has 35 heavy (non-hydrogen) atoms. The van der Waals surface area contributed by atoms with Gasteiger partial charge in [-0.25, -0.2) is 24.9 Å². The van der Waals surface area contributed by atoms with E-state index < -0.39 is 0 Å². The molecule has 7 rings (SSSR count). The van der Waals surface area contributed by atoms with Crippen molar-refractivity contribution >= 4 is 34.1 Å². The van der Waals surface area contributed by atoms with Gasteiger partial charge in [-0.2, -0.15) is 0 Å². The largest absolute Gasteiger partial charge is 0.378 e. The van der Waals surface area contributed by atoms with Gasteiger partial charge in [-0.15, -0.1) is 0 Å². The summed E-state index contributed by atoms with van der Waals surface area (Å²) in [7, 11) is 0. The quantitative estimate of drug-likeness (QED) is 0.401. The van der Waals surface area contributed by atoms with Crippen molar-refractivity contribution in [3.63, 3.8) is 0 Å². The van der Waals surface area contributed by atoms with Crippen LogP contribution in [0.2, 0.25) is 0 Å². The number of aromatic amines is 1. The molecule has 176 valence electrons. The van der Waals surface area contributed by atoms with Crippen LogP contribution in [-0.4, -0.2) is 84.6 Å². The monoisotopic (exact) mass is 468 g/mol. The van der Waals surface area contributed by atoms with Gasteiger partial charge < -0.3 is 24.3 Å². The van der Waals surface area contributed by atoms with E-state index in [9.17, 15) is 0 Å². The lowest BCUT2D eigenvalue weighted by Gasteiger charge is -2.43. The minimum absolute atomic E-state index is 0.578. The van der Waals surface area contributed by atoms with Crippen molar-refractivity contribution in [1.82, 2.24) is 39.2 Å². The highest BCUT2D eigenvalue weighted by atomic mass is 16.5. The predicted octanol–water partition coefficient (Wildman–Crippen LogP) is 2.33. The van der Waals surface area contributed by atoms with E-state index in [4.69, 9.17) is 9.72 Å². The van der Waals surface area contributed by atoms with Gasteiger partial charge in [0.1, 0.15) is 11.4 Å². The molecule has 2 aliphatic heterocycles. The zero-order chi connectivity index (χ0) is 23.2. The Hall–Kier alpha value is -4.09. The third-order valence-electron chi connectivity index (χ3n) is 6.72. The molecule has 0 spiro atoms. The molecule has 2 saturated heterocycles. The van der Waals surface area contributed by atoms with Crippen LogP contribution in [0.1, 0.15) is 0 Å². The lowest BCUT2D eigenvalue weighted by molar-refractivity contribution is -0.0660. The molecule has 11 heteroatoms. The van der Waals surface area contributed by atoms with E-state index >= 15 is 0 Å². The van der Waals surface area contributed by atoms with Gasteiger partial charge >= 0.3 is 0 Å². The third kappa shape index (κ3) is 3.74. The number of nitrogens with zero attached hydrogens (tertiary/aromatic N) is 8. The number of imidazole rings is 2. The smallest absolute Gasteiger partial charge is 0.197 e. The highest BCUT2D eigenvalue weighted by Gasteiger charge is 2.28.